The lowest BCUT2D eigenvalue weighted by Crippen LogP contribution is -2.15. The van der Waals surface area contributed by atoms with Gasteiger partial charge in [0.15, 0.2) is 0 Å². The molecule has 4 rings (SSSR count). The number of rotatable bonds is 2. The van der Waals surface area contributed by atoms with Crippen molar-refractivity contribution < 1.29 is 10.2 Å². The van der Waals surface area contributed by atoms with Gasteiger partial charge in [-0.2, -0.15) is 0 Å². The summed E-state index contributed by atoms with van der Waals surface area (Å²) in [4.78, 5) is 0. The van der Waals surface area contributed by atoms with Crippen LogP contribution in [0.25, 0.3) is 5.57 Å². The maximum absolute atomic E-state index is 9.63. The van der Waals surface area contributed by atoms with Crippen molar-refractivity contribution in [1.82, 2.24) is 0 Å². The first kappa shape index (κ1) is 15.3. The molecule has 2 N–H and O–H groups in total. The predicted molar refractivity (Wildman–Crippen MR) is 95.5 cm³/mol. The summed E-state index contributed by atoms with van der Waals surface area (Å²) in [5.41, 5.74) is 4.70. The van der Waals surface area contributed by atoms with Crippen molar-refractivity contribution in [3.8, 4) is 11.5 Å². The van der Waals surface area contributed by atoms with E-state index >= 15 is 0 Å². The Hall–Kier alpha value is -2.22. The normalized spacial score (nSPS) is 18.6. The van der Waals surface area contributed by atoms with Gasteiger partial charge in [-0.3, -0.25) is 0 Å². The average molecular weight is 315 g/mol. The number of hydrogen-bond acceptors (Lipinski definition) is 2. The molecule has 0 aromatic heterocycles. The van der Waals surface area contributed by atoms with Crippen LogP contribution >= 0.6 is 0 Å². The summed E-state index contributed by atoms with van der Waals surface area (Å²) in [6, 6.07) is 14.7. The van der Waals surface area contributed by atoms with Crippen molar-refractivity contribution in [3.63, 3.8) is 0 Å². The zero-order valence-electron chi connectivity index (χ0n) is 13.4. The van der Waals surface area contributed by atoms with Gasteiger partial charge in [-0.1, -0.05) is 29.8 Å². The third-order valence-electron chi connectivity index (χ3n) is 4.72. The molecule has 0 atom stereocenters. The molecule has 2 heteroatoms. The monoisotopic (exact) mass is 315 g/mol. The summed E-state index contributed by atoms with van der Waals surface area (Å²) >= 11 is 0. The fraction of sp³-hybridized carbons (Fsp3) is 0.136. The lowest BCUT2D eigenvalue weighted by atomic mass is 9.74. The second-order valence-corrected chi connectivity index (χ2v) is 6.27. The fourth-order valence-corrected chi connectivity index (χ4v) is 3.59. The van der Waals surface area contributed by atoms with Crippen LogP contribution in [-0.4, -0.2) is 10.2 Å². The summed E-state index contributed by atoms with van der Waals surface area (Å²) in [7, 11) is 0. The molecule has 2 aromatic carbocycles. The van der Waals surface area contributed by atoms with Crippen LogP contribution in [0.1, 0.15) is 30.4 Å². The smallest absolute Gasteiger partial charge is 0.115 e. The first-order valence-electron chi connectivity index (χ1n) is 8.29. The third-order valence-corrected chi connectivity index (χ3v) is 4.72. The van der Waals surface area contributed by atoms with E-state index in [1.165, 1.54) is 23.0 Å². The van der Waals surface area contributed by atoms with E-state index in [1.54, 1.807) is 24.3 Å². The number of fused-ring (bicyclic) bond motifs is 1. The van der Waals surface area contributed by atoms with Gasteiger partial charge in [-0.25, -0.2) is 0 Å². The minimum absolute atomic E-state index is 0.270. The van der Waals surface area contributed by atoms with Crippen molar-refractivity contribution in [2.45, 2.75) is 19.3 Å². The maximum atomic E-state index is 9.63. The van der Waals surface area contributed by atoms with Crippen LogP contribution in [0.3, 0.4) is 0 Å². The van der Waals surface area contributed by atoms with E-state index in [-0.39, 0.29) is 11.5 Å². The van der Waals surface area contributed by atoms with Crippen molar-refractivity contribution in [1.29, 1.82) is 0 Å². The maximum Gasteiger partial charge on any atom is 0.115 e. The van der Waals surface area contributed by atoms with Gasteiger partial charge in [0.1, 0.15) is 11.5 Å². The predicted octanol–water partition coefficient (Wildman–Crippen LogP) is 4.86. The standard InChI is InChI=1S/C22H19O2/c23-18-11-7-16(8-12-18)22(17-9-13-19(24)14-10-17)21-6-2-4-15-3-1-5-20(15)21/h1,3,5,7-14,23-24H,2,4,6H2. The highest BCUT2D eigenvalue weighted by atomic mass is 16.3. The second kappa shape index (κ2) is 6.35. The molecule has 0 spiro atoms. The topological polar surface area (TPSA) is 40.5 Å². The van der Waals surface area contributed by atoms with Gasteiger partial charge in [0.05, 0.1) is 0 Å². The Morgan fingerprint density at radius 1 is 0.708 bits per heavy atom. The Bertz CT molecular complexity index is 693. The Morgan fingerprint density at radius 2 is 1.29 bits per heavy atom. The van der Waals surface area contributed by atoms with Crippen LogP contribution in [0.5, 0.6) is 11.5 Å². The van der Waals surface area contributed by atoms with Crippen LogP contribution in [0.15, 0.2) is 54.1 Å². The molecule has 2 fully saturated rings. The van der Waals surface area contributed by atoms with E-state index in [1.807, 2.05) is 24.3 Å². The molecule has 0 heterocycles. The molecule has 2 aliphatic rings. The molecule has 0 unspecified atom stereocenters. The number of hydrogen-bond donors (Lipinski definition) is 2. The molecule has 2 saturated carbocycles. The molecule has 0 bridgehead atoms. The average Bonchev–Trinajstić information content (AvgIpc) is 3.08. The summed E-state index contributed by atoms with van der Waals surface area (Å²) in [5.74, 6) is 3.28. The molecule has 2 nitrogen and oxygen atoms in total. The molecular weight excluding hydrogens is 296 g/mol. The van der Waals surface area contributed by atoms with Gasteiger partial charge in [-0.05, 0) is 85.4 Å². The highest BCUT2D eigenvalue weighted by Crippen LogP contribution is 2.50. The largest absolute Gasteiger partial charge is 0.508 e. The van der Waals surface area contributed by atoms with Gasteiger partial charge in [-0.15, -0.1) is 0 Å². The summed E-state index contributed by atoms with van der Waals surface area (Å²) in [5, 5.41) is 19.3. The van der Waals surface area contributed by atoms with E-state index in [9.17, 15) is 10.2 Å². The molecule has 2 aliphatic carbocycles. The lowest BCUT2D eigenvalue weighted by molar-refractivity contribution is 0.475. The Labute approximate surface area is 143 Å². The highest BCUT2D eigenvalue weighted by molar-refractivity contribution is 5.86. The van der Waals surface area contributed by atoms with Gasteiger partial charge in [0, 0.05) is 5.92 Å². The van der Waals surface area contributed by atoms with E-state index in [4.69, 9.17) is 0 Å². The van der Waals surface area contributed by atoms with Crippen molar-refractivity contribution in [2.75, 3.05) is 0 Å². The minimum atomic E-state index is 0.270. The highest BCUT2D eigenvalue weighted by Gasteiger charge is 2.36. The molecule has 0 saturated heterocycles. The van der Waals surface area contributed by atoms with Gasteiger partial charge < -0.3 is 10.2 Å². The Kier molecular flexibility index (Phi) is 4.05. The first-order chi connectivity index (χ1) is 11.7. The second-order valence-electron chi connectivity index (χ2n) is 6.27. The van der Waals surface area contributed by atoms with E-state index in [2.05, 4.69) is 19.3 Å². The fourth-order valence-electron chi connectivity index (χ4n) is 3.59. The van der Waals surface area contributed by atoms with Crippen molar-refractivity contribution in [2.24, 2.45) is 0 Å². The summed E-state index contributed by atoms with van der Waals surface area (Å²) in [6.45, 7) is 0. The van der Waals surface area contributed by atoms with Gasteiger partial charge >= 0.3 is 0 Å². The Morgan fingerprint density at radius 3 is 1.88 bits per heavy atom. The number of phenolic OH excluding ortho intramolecular Hbond substituents is 2. The van der Waals surface area contributed by atoms with Crippen LogP contribution in [-0.2, 0) is 0 Å². The summed E-state index contributed by atoms with van der Waals surface area (Å²) < 4.78 is 0. The third kappa shape index (κ3) is 2.82. The van der Waals surface area contributed by atoms with Crippen LogP contribution in [0.2, 0.25) is 0 Å². The van der Waals surface area contributed by atoms with Crippen molar-refractivity contribution >= 4 is 5.57 Å². The van der Waals surface area contributed by atoms with E-state index in [0.717, 1.165) is 30.4 Å². The Balaban J connectivity index is 1.87. The quantitative estimate of drug-likeness (QED) is 0.831. The SMILES string of the molecule is Oc1ccc(C(=C2CCC[C]3[CH][CH][CH][C]32)c2ccc(O)cc2)cc1. The van der Waals surface area contributed by atoms with Crippen molar-refractivity contribution in [3.05, 3.63) is 96.3 Å². The molecule has 2 aromatic rings. The molecule has 24 heavy (non-hydrogen) atoms. The van der Waals surface area contributed by atoms with Crippen LogP contribution in [0, 0.1) is 31.1 Å². The van der Waals surface area contributed by atoms with Crippen LogP contribution < -0.4 is 0 Å². The number of allylic oxidation sites excluding steroid dienone is 1. The molecule has 0 aliphatic heterocycles. The summed E-state index contributed by atoms with van der Waals surface area (Å²) in [6.07, 6.45) is 9.84. The number of phenols is 2. The number of aromatic hydroxyl groups is 2. The van der Waals surface area contributed by atoms with E-state index in [0.29, 0.717) is 0 Å². The molecule has 5 radical (unpaired) electrons. The zero-order valence-corrected chi connectivity index (χ0v) is 13.4. The van der Waals surface area contributed by atoms with Crippen LogP contribution in [0.4, 0.5) is 0 Å². The molecule has 0 amide bonds. The molecular formula is C22H19O2. The lowest BCUT2D eigenvalue weighted by Gasteiger charge is -2.30. The van der Waals surface area contributed by atoms with E-state index < -0.39 is 0 Å². The van der Waals surface area contributed by atoms with Gasteiger partial charge in [0.25, 0.3) is 0 Å². The van der Waals surface area contributed by atoms with Gasteiger partial charge in [0.2, 0.25) is 0 Å². The minimum Gasteiger partial charge on any atom is -0.508 e. The zero-order chi connectivity index (χ0) is 16.5. The number of benzene rings is 2. The first-order valence-corrected chi connectivity index (χ1v) is 8.29. The molecule has 119 valence electrons.